The van der Waals surface area contributed by atoms with Crippen molar-refractivity contribution in [1.29, 1.82) is 0 Å². The standard InChI is InChI=1S/C14H11ClFN3OS/c1-2-8-6-9-12(18-14(17)19-13(9)21-8)20-11-4-3-7(16)5-10(11)15/h3-6H,2H2,1H3,(H2,17,18,19). The minimum atomic E-state index is -0.427. The molecule has 0 spiro atoms. The van der Waals surface area contributed by atoms with Gasteiger partial charge in [0.2, 0.25) is 11.8 Å². The second-order valence-corrected chi connectivity index (χ2v) is 5.87. The predicted molar refractivity (Wildman–Crippen MR) is 82.7 cm³/mol. The molecule has 0 aliphatic carbocycles. The van der Waals surface area contributed by atoms with E-state index in [0.29, 0.717) is 11.6 Å². The van der Waals surface area contributed by atoms with Gasteiger partial charge in [-0.25, -0.2) is 9.37 Å². The number of anilines is 1. The topological polar surface area (TPSA) is 61.0 Å². The first-order valence-corrected chi connectivity index (χ1v) is 7.45. The number of hydrogen-bond donors (Lipinski definition) is 1. The Morgan fingerprint density at radius 1 is 1.33 bits per heavy atom. The molecular weight excluding hydrogens is 313 g/mol. The number of ether oxygens (including phenoxy) is 1. The normalized spacial score (nSPS) is 11.0. The molecular formula is C14H11ClFN3OS. The number of rotatable bonds is 3. The van der Waals surface area contributed by atoms with E-state index in [1.54, 1.807) is 0 Å². The number of nitrogens with zero attached hydrogens (tertiary/aromatic N) is 2. The molecule has 2 aromatic heterocycles. The molecule has 0 radical (unpaired) electrons. The molecule has 21 heavy (non-hydrogen) atoms. The van der Waals surface area contributed by atoms with E-state index in [2.05, 4.69) is 16.9 Å². The fraction of sp³-hybridized carbons (Fsp3) is 0.143. The third kappa shape index (κ3) is 2.77. The quantitative estimate of drug-likeness (QED) is 0.775. The summed E-state index contributed by atoms with van der Waals surface area (Å²) in [7, 11) is 0. The van der Waals surface area contributed by atoms with Crippen LogP contribution in [0.15, 0.2) is 24.3 Å². The van der Waals surface area contributed by atoms with Gasteiger partial charge < -0.3 is 10.5 Å². The highest BCUT2D eigenvalue weighted by Gasteiger charge is 2.14. The number of hydrogen-bond acceptors (Lipinski definition) is 5. The molecule has 0 fully saturated rings. The Labute approximate surface area is 129 Å². The van der Waals surface area contributed by atoms with Crippen LogP contribution in [-0.4, -0.2) is 9.97 Å². The van der Waals surface area contributed by atoms with Gasteiger partial charge in [0, 0.05) is 4.88 Å². The Hall–Kier alpha value is -1.92. The first-order chi connectivity index (χ1) is 10.1. The Bertz CT molecular complexity index is 821. The molecule has 0 amide bonds. The van der Waals surface area contributed by atoms with Crippen molar-refractivity contribution < 1.29 is 9.13 Å². The van der Waals surface area contributed by atoms with Crippen molar-refractivity contribution in [2.75, 3.05) is 5.73 Å². The second kappa shape index (κ2) is 5.46. The maximum Gasteiger partial charge on any atom is 0.232 e. The zero-order chi connectivity index (χ0) is 15.0. The fourth-order valence-electron chi connectivity index (χ4n) is 1.88. The molecule has 0 aliphatic rings. The van der Waals surface area contributed by atoms with E-state index in [0.717, 1.165) is 21.5 Å². The Kier molecular flexibility index (Phi) is 3.65. The number of benzene rings is 1. The highest BCUT2D eigenvalue weighted by Crippen LogP contribution is 2.36. The minimum Gasteiger partial charge on any atom is -0.437 e. The van der Waals surface area contributed by atoms with Gasteiger partial charge in [-0.3, -0.25) is 0 Å². The summed E-state index contributed by atoms with van der Waals surface area (Å²) in [5.41, 5.74) is 5.70. The van der Waals surface area contributed by atoms with Crippen LogP contribution in [0.2, 0.25) is 5.02 Å². The monoisotopic (exact) mass is 323 g/mol. The Morgan fingerprint density at radius 3 is 2.86 bits per heavy atom. The van der Waals surface area contributed by atoms with Crippen LogP contribution in [0.5, 0.6) is 11.6 Å². The number of aromatic nitrogens is 2. The number of halogens is 2. The summed E-state index contributed by atoms with van der Waals surface area (Å²) in [4.78, 5) is 10.2. The minimum absolute atomic E-state index is 0.125. The lowest BCUT2D eigenvalue weighted by atomic mass is 10.3. The molecule has 2 N–H and O–H groups in total. The maximum absolute atomic E-state index is 13.1. The Balaban J connectivity index is 2.08. The fourth-order valence-corrected chi connectivity index (χ4v) is 3.05. The smallest absolute Gasteiger partial charge is 0.232 e. The molecule has 7 heteroatoms. The zero-order valence-corrected chi connectivity index (χ0v) is 12.6. The molecule has 0 atom stereocenters. The number of nitrogen functional groups attached to an aromatic ring is 1. The van der Waals surface area contributed by atoms with Crippen LogP contribution in [0.3, 0.4) is 0 Å². The summed E-state index contributed by atoms with van der Waals surface area (Å²) in [5, 5.41) is 0.942. The third-order valence-electron chi connectivity index (χ3n) is 2.88. The lowest BCUT2D eigenvalue weighted by molar-refractivity contribution is 0.468. The first kappa shape index (κ1) is 14.0. The zero-order valence-electron chi connectivity index (χ0n) is 11.1. The van der Waals surface area contributed by atoms with Gasteiger partial charge in [-0.2, -0.15) is 4.98 Å². The molecule has 0 saturated carbocycles. The van der Waals surface area contributed by atoms with Gasteiger partial charge in [-0.15, -0.1) is 11.3 Å². The van der Waals surface area contributed by atoms with Gasteiger partial charge in [0.25, 0.3) is 0 Å². The van der Waals surface area contributed by atoms with Crippen molar-refractivity contribution >= 4 is 39.1 Å². The van der Waals surface area contributed by atoms with Crippen molar-refractivity contribution in [1.82, 2.24) is 9.97 Å². The van der Waals surface area contributed by atoms with Crippen molar-refractivity contribution in [2.45, 2.75) is 13.3 Å². The van der Waals surface area contributed by atoms with Gasteiger partial charge in [0.1, 0.15) is 16.4 Å². The van der Waals surface area contributed by atoms with Crippen LogP contribution < -0.4 is 10.5 Å². The van der Waals surface area contributed by atoms with Crippen LogP contribution in [-0.2, 0) is 6.42 Å². The van der Waals surface area contributed by atoms with Crippen molar-refractivity contribution in [3.05, 3.63) is 40.0 Å². The third-order valence-corrected chi connectivity index (χ3v) is 4.34. The van der Waals surface area contributed by atoms with Crippen molar-refractivity contribution in [2.24, 2.45) is 0 Å². The van der Waals surface area contributed by atoms with Crippen molar-refractivity contribution in [3.8, 4) is 11.6 Å². The molecule has 108 valence electrons. The summed E-state index contributed by atoms with van der Waals surface area (Å²) < 4.78 is 18.8. The van der Waals surface area contributed by atoms with E-state index in [9.17, 15) is 4.39 Å². The lowest BCUT2D eigenvalue weighted by Gasteiger charge is -2.08. The van der Waals surface area contributed by atoms with E-state index < -0.39 is 5.82 Å². The largest absolute Gasteiger partial charge is 0.437 e. The molecule has 3 aromatic rings. The molecule has 3 rings (SSSR count). The summed E-state index contributed by atoms with van der Waals surface area (Å²) >= 11 is 7.50. The Morgan fingerprint density at radius 2 is 2.14 bits per heavy atom. The second-order valence-electron chi connectivity index (χ2n) is 4.35. The summed E-state index contributed by atoms with van der Waals surface area (Å²) in [6, 6.07) is 5.87. The van der Waals surface area contributed by atoms with Gasteiger partial charge in [0.05, 0.1) is 10.4 Å². The van der Waals surface area contributed by atoms with E-state index in [-0.39, 0.29) is 11.0 Å². The molecule has 0 saturated heterocycles. The van der Waals surface area contributed by atoms with Gasteiger partial charge in [0.15, 0.2) is 0 Å². The van der Waals surface area contributed by atoms with E-state index in [1.807, 2.05) is 6.07 Å². The first-order valence-electron chi connectivity index (χ1n) is 6.25. The molecule has 1 aromatic carbocycles. The maximum atomic E-state index is 13.1. The van der Waals surface area contributed by atoms with Crippen LogP contribution in [0.4, 0.5) is 10.3 Å². The van der Waals surface area contributed by atoms with E-state index in [4.69, 9.17) is 22.1 Å². The molecule has 4 nitrogen and oxygen atoms in total. The number of aryl methyl sites for hydroxylation is 1. The van der Waals surface area contributed by atoms with Crippen LogP contribution in [0, 0.1) is 5.82 Å². The molecule has 0 unspecified atom stereocenters. The van der Waals surface area contributed by atoms with Crippen LogP contribution in [0.25, 0.3) is 10.2 Å². The van der Waals surface area contributed by atoms with Crippen LogP contribution >= 0.6 is 22.9 Å². The van der Waals surface area contributed by atoms with Gasteiger partial charge in [-0.05, 0) is 30.7 Å². The van der Waals surface area contributed by atoms with E-state index in [1.165, 1.54) is 29.5 Å². The number of thiophene rings is 1. The molecule has 2 heterocycles. The number of fused-ring (bicyclic) bond motifs is 1. The summed E-state index contributed by atoms with van der Waals surface area (Å²) in [6.07, 6.45) is 0.887. The van der Waals surface area contributed by atoms with Crippen LogP contribution in [0.1, 0.15) is 11.8 Å². The summed E-state index contributed by atoms with van der Waals surface area (Å²) in [5.74, 6) is 0.340. The average molecular weight is 324 g/mol. The molecule has 0 aliphatic heterocycles. The number of nitrogens with two attached hydrogens (primary N) is 1. The molecule has 0 bridgehead atoms. The summed E-state index contributed by atoms with van der Waals surface area (Å²) in [6.45, 7) is 2.05. The highest BCUT2D eigenvalue weighted by atomic mass is 35.5. The SMILES string of the molecule is CCc1cc2c(Oc3ccc(F)cc3Cl)nc(N)nc2s1. The lowest BCUT2D eigenvalue weighted by Crippen LogP contribution is -1.97. The highest BCUT2D eigenvalue weighted by molar-refractivity contribution is 7.18. The van der Waals surface area contributed by atoms with E-state index >= 15 is 0 Å². The average Bonchev–Trinajstić information content (AvgIpc) is 2.85. The van der Waals surface area contributed by atoms with Crippen molar-refractivity contribution in [3.63, 3.8) is 0 Å². The predicted octanol–water partition coefficient (Wildman–Crippen LogP) is 4.42. The van der Waals surface area contributed by atoms with Gasteiger partial charge in [-0.1, -0.05) is 18.5 Å². The van der Waals surface area contributed by atoms with Gasteiger partial charge >= 0.3 is 0 Å².